The Bertz CT molecular complexity index is 107. The Balaban J connectivity index is 3.12. The third-order valence-corrected chi connectivity index (χ3v) is 2.05. The van der Waals surface area contributed by atoms with Crippen molar-refractivity contribution in [2.75, 3.05) is 20.3 Å². The average Bonchev–Trinajstić information content (AvgIpc) is 2.08. The minimum atomic E-state index is -0.170. The Morgan fingerprint density at radius 3 is 2.54 bits per heavy atom. The van der Waals surface area contributed by atoms with E-state index in [9.17, 15) is 0 Å². The highest BCUT2D eigenvalue weighted by atomic mass is 16.5. The molecule has 0 aliphatic rings. The quantitative estimate of drug-likeness (QED) is 0.563. The average molecular weight is 189 g/mol. The van der Waals surface area contributed by atoms with Crippen LogP contribution in [0.4, 0.5) is 0 Å². The van der Waals surface area contributed by atoms with E-state index in [0.29, 0.717) is 6.04 Å². The number of hydrogen-bond acceptors (Lipinski definition) is 3. The van der Waals surface area contributed by atoms with E-state index in [4.69, 9.17) is 9.84 Å². The molecule has 0 heterocycles. The van der Waals surface area contributed by atoms with Crippen LogP contribution in [0.15, 0.2) is 0 Å². The smallest absolute Gasteiger partial charge is 0.0512 e. The van der Waals surface area contributed by atoms with Gasteiger partial charge in [0.15, 0.2) is 0 Å². The summed E-state index contributed by atoms with van der Waals surface area (Å²) < 4.78 is 4.98. The molecule has 0 saturated carbocycles. The summed E-state index contributed by atoms with van der Waals surface area (Å²) in [5.74, 6) is 0. The van der Waals surface area contributed by atoms with Crippen LogP contribution in [0.25, 0.3) is 0 Å². The van der Waals surface area contributed by atoms with Gasteiger partial charge in [-0.15, -0.1) is 0 Å². The molecule has 0 aromatic carbocycles. The molecule has 80 valence electrons. The highest BCUT2D eigenvalue weighted by molar-refractivity contribution is 4.60. The fourth-order valence-corrected chi connectivity index (χ4v) is 1.14. The van der Waals surface area contributed by atoms with Gasteiger partial charge in [0, 0.05) is 19.8 Å². The summed E-state index contributed by atoms with van der Waals surface area (Å²) >= 11 is 0. The van der Waals surface area contributed by atoms with E-state index in [1.54, 1.807) is 7.11 Å². The van der Waals surface area contributed by atoms with E-state index in [-0.39, 0.29) is 6.10 Å². The summed E-state index contributed by atoms with van der Waals surface area (Å²) in [6.45, 7) is 5.77. The second-order valence-electron chi connectivity index (χ2n) is 3.63. The van der Waals surface area contributed by atoms with Gasteiger partial charge in [-0.25, -0.2) is 0 Å². The van der Waals surface area contributed by atoms with Gasteiger partial charge in [-0.1, -0.05) is 0 Å². The molecule has 0 aromatic heterocycles. The van der Waals surface area contributed by atoms with Crippen molar-refractivity contribution in [2.45, 2.75) is 45.3 Å². The molecule has 0 saturated heterocycles. The van der Waals surface area contributed by atoms with E-state index < -0.39 is 0 Å². The molecular weight excluding hydrogens is 166 g/mol. The number of ether oxygens (including phenoxy) is 1. The van der Waals surface area contributed by atoms with Crippen molar-refractivity contribution < 1.29 is 9.84 Å². The predicted octanol–water partition coefficient (Wildman–Crippen LogP) is 1.16. The highest BCUT2D eigenvalue weighted by Crippen LogP contribution is 1.96. The fraction of sp³-hybridized carbons (Fsp3) is 1.00. The molecule has 0 fully saturated rings. The van der Waals surface area contributed by atoms with Gasteiger partial charge in [0.25, 0.3) is 0 Å². The van der Waals surface area contributed by atoms with Crippen LogP contribution >= 0.6 is 0 Å². The third kappa shape index (κ3) is 9.80. The molecule has 3 nitrogen and oxygen atoms in total. The minimum absolute atomic E-state index is 0.170. The zero-order chi connectivity index (χ0) is 10.1. The molecule has 0 amide bonds. The first kappa shape index (κ1) is 12.9. The molecule has 0 radical (unpaired) electrons. The Morgan fingerprint density at radius 1 is 1.31 bits per heavy atom. The Morgan fingerprint density at radius 2 is 2.00 bits per heavy atom. The van der Waals surface area contributed by atoms with E-state index in [1.807, 2.05) is 6.92 Å². The highest BCUT2D eigenvalue weighted by Gasteiger charge is 2.00. The maximum atomic E-state index is 9.01. The van der Waals surface area contributed by atoms with Crippen molar-refractivity contribution in [3.05, 3.63) is 0 Å². The largest absolute Gasteiger partial charge is 0.393 e. The minimum Gasteiger partial charge on any atom is -0.393 e. The number of aliphatic hydroxyl groups excluding tert-OH is 1. The van der Waals surface area contributed by atoms with Gasteiger partial charge in [0.05, 0.1) is 6.10 Å². The second kappa shape index (κ2) is 8.48. The van der Waals surface area contributed by atoms with Gasteiger partial charge in [0.2, 0.25) is 0 Å². The van der Waals surface area contributed by atoms with Crippen molar-refractivity contribution in [1.29, 1.82) is 0 Å². The summed E-state index contributed by atoms with van der Waals surface area (Å²) in [6.07, 6.45) is 2.79. The van der Waals surface area contributed by atoms with Crippen molar-refractivity contribution in [1.82, 2.24) is 5.32 Å². The first-order valence-corrected chi connectivity index (χ1v) is 5.07. The summed E-state index contributed by atoms with van der Waals surface area (Å²) in [6, 6.07) is 0.508. The topological polar surface area (TPSA) is 41.5 Å². The summed E-state index contributed by atoms with van der Waals surface area (Å²) in [5, 5.41) is 12.4. The Labute approximate surface area is 81.5 Å². The second-order valence-corrected chi connectivity index (χ2v) is 3.63. The van der Waals surface area contributed by atoms with Crippen LogP contribution < -0.4 is 5.32 Å². The van der Waals surface area contributed by atoms with E-state index >= 15 is 0 Å². The van der Waals surface area contributed by atoms with Crippen molar-refractivity contribution in [3.63, 3.8) is 0 Å². The first-order chi connectivity index (χ1) is 6.16. The summed E-state index contributed by atoms with van der Waals surface area (Å²) in [4.78, 5) is 0. The molecule has 0 bridgehead atoms. The van der Waals surface area contributed by atoms with Gasteiger partial charge in [0.1, 0.15) is 0 Å². The Kier molecular flexibility index (Phi) is 8.40. The van der Waals surface area contributed by atoms with Crippen LogP contribution in [0.2, 0.25) is 0 Å². The lowest BCUT2D eigenvalue weighted by molar-refractivity contribution is 0.176. The van der Waals surface area contributed by atoms with E-state index in [0.717, 1.165) is 32.4 Å². The fourth-order valence-electron chi connectivity index (χ4n) is 1.14. The van der Waals surface area contributed by atoms with E-state index in [2.05, 4.69) is 12.2 Å². The molecule has 0 aromatic rings. The van der Waals surface area contributed by atoms with Gasteiger partial charge in [-0.2, -0.15) is 0 Å². The van der Waals surface area contributed by atoms with Crippen LogP contribution in [0.3, 0.4) is 0 Å². The molecular formula is C10H23NO2. The molecule has 2 unspecified atom stereocenters. The first-order valence-electron chi connectivity index (χ1n) is 5.07. The predicted molar refractivity (Wildman–Crippen MR) is 54.9 cm³/mol. The van der Waals surface area contributed by atoms with Crippen molar-refractivity contribution >= 4 is 0 Å². The van der Waals surface area contributed by atoms with Gasteiger partial charge in [-0.3, -0.25) is 0 Å². The Hall–Kier alpha value is -0.120. The molecule has 0 spiro atoms. The lowest BCUT2D eigenvalue weighted by Gasteiger charge is -2.13. The van der Waals surface area contributed by atoms with Gasteiger partial charge >= 0.3 is 0 Å². The zero-order valence-electron chi connectivity index (χ0n) is 9.05. The molecule has 2 atom stereocenters. The molecule has 0 aliphatic heterocycles. The molecule has 3 heteroatoms. The standard InChI is InChI=1S/C10H23NO2/c1-9(6-8-13-3)11-7-4-5-10(2)12/h9-12H,4-8H2,1-3H3. The number of rotatable bonds is 8. The van der Waals surface area contributed by atoms with Crippen molar-refractivity contribution in [2.24, 2.45) is 0 Å². The van der Waals surface area contributed by atoms with Crippen LogP contribution in [-0.2, 0) is 4.74 Å². The molecule has 0 aliphatic carbocycles. The summed E-state index contributed by atoms with van der Waals surface area (Å²) in [7, 11) is 1.72. The monoisotopic (exact) mass is 189 g/mol. The number of aliphatic hydroxyl groups is 1. The van der Waals surface area contributed by atoms with Gasteiger partial charge in [-0.05, 0) is 39.7 Å². The van der Waals surface area contributed by atoms with Gasteiger partial charge < -0.3 is 15.2 Å². The van der Waals surface area contributed by atoms with E-state index in [1.165, 1.54) is 0 Å². The number of nitrogens with one attached hydrogen (secondary N) is 1. The third-order valence-electron chi connectivity index (χ3n) is 2.05. The zero-order valence-corrected chi connectivity index (χ0v) is 9.05. The van der Waals surface area contributed by atoms with Crippen LogP contribution in [0.5, 0.6) is 0 Å². The number of methoxy groups -OCH3 is 1. The molecule has 13 heavy (non-hydrogen) atoms. The summed E-state index contributed by atoms with van der Waals surface area (Å²) in [5.41, 5.74) is 0. The van der Waals surface area contributed by atoms with Crippen LogP contribution in [0, 0.1) is 0 Å². The lowest BCUT2D eigenvalue weighted by Crippen LogP contribution is -2.28. The maximum absolute atomic E-state index is 9.01. The lowest BCUT2D eigenvalue weighted by atomic mass is 10.2. The molecule has 0 rings (SSSR count). The van der Waals surface area contributed by atoms with Crippen molar-refractivity contribution in [3.8, 4) is 0 Å². The number of hydrogen-bond donors (Lipinski definition) is 2. The normalized spacial score (nSPS) is 15.7. The van der Waals surface area contributed by atoms with Crippen LogP contribution in [0.1, 0.15) is 33.1 Å². The maximum Gasteiger partial charge on any atom is 0.0512 e. The molecule has 2 N–H and O–H groups in total. The van der Waals surface area contributed by atoms with Crippen LogP contribution in [-0.4, -0.2) is 37.5 Å². The SMILES string of the molecule is COCCC(C)NCCCC(C)O.